The first kappa shape index (κ1) is 12.4. The lowest BCUT2D eigenvalue weighted by Gasteiger charge is -2.23. The molecule has 1 heterocycles. The van der Waals surface area contributed by atoms with Crippen molar-refractivity contribution in [3.8, 4) is 0 Å². The molecule has 0 bridgehead atoms. The lowest BCUT2D eigenvalue weighted by molar-refractivity contribution is 0.0343. The van der Waals surface area contributed by atoms with Gasteiger partial charge in [0.2, 0.25) is 0 Å². The fraction of sp³-hybridized carbons (Fsp3) is 0.455. The van der Waals surface area contributed by atoms with Gasteiger partial charge in [-0.3, -0.25) is 0 Å². The standard InChI is InChI=1S/C11H16N2O3/c1-11(2,16-3)7-13-9-5-4-8(6-12-9)10(14)15/h4-6H,7H2,1-3H3,(H,12,13)(H,14,15). The van der Waals surface area contributed by atoms with Gasteiger partial charge in [0.25, 0.3) is 0 Å². The molecular formula is C11H16N2O3. The number of anilines is 1. The van der Waals surface area contributed by atoms with E-state index >= 15 is 0 Å². The molecule has 1 rings (SSSR count). The van der Waals surface area contributed by atoms with Crippen LogP contribution in [0.3, 0.4) is 0 Å². The third-order valence-electron chi connectivity index (χ3n) is 2.26. The fourth-order valence-corrected chi connectivity index (χ4v) is 1.00. The molecule has 5 nitrogen and oxygen atoms in total. The van der Waals surface area contributed by atoms with Crippen molar-refractivity contribution in [3.63, 3.8) is 0 Å². The summed E-state index contributed by atoms with van der Waals surface area (Å²) in [4.78, 5) is 14.6. The molecule has 0 atom stereocenters. The topological polar surface area (TPSA) is 71.5 Å². The molecule has 0 fully saturated rings. The number of nitrogens with one attached hydrogen (secondary N) is 1. The Morgan fingerprint density at radius 3 is 2.69 bits per heavy atom. The minimum atomic E-state index is -0.976. The minimum Gasteiger partial charge on any atom is -0.478 e. The number of carbonyl (C=O) groups is 1. The lowest BCUT2D eigenvalue weighted by Crippen LogP contribution is -2.32. The van der Waals surface area contributed by atoms with E-state index in [2.05, 4.69) is 10.3 Å². The quantitative estimate of drug-likeness (QED) is 0.795. The number of pyridine rings is 1. The Hall–Kier alpha value is -1.62. The van der Waals surface area contributed by atoms with Crippen molar-refractivity contribution in [2.24, 2.45) is 0 Å². The molecule has 0 unspecified atom stereocenters. The van der Waals surface area contributed by atoms with E-state index in [1.165, 1.54) is 12.3 Å². The van der Waals surface area contributed by atoms with Crippen LogP contribution in [0.25, 0.3) is 0 Å². The second-order valence-electron chi connectivity index (χ2n) is 4.05. The number of nitrogens with zero attached hydrogens (tertiary/aromatic N) is 1. The molecule has 88 valence electrons. The summed E-state index contributed by atoms with van der Waals surface area (Å²) in [5, 5.41) is 11.8. The molecule has 2 N–H and O–H groups in total. The van der Waals surface area contributed by atoms with Crippen LogP contribution in [0.1, 0.15) is 24.2 Å². The summed E-state index contributed by atoms with van der Waals surface area (Å²) in [5.41, 5.74) is -0.107. The van der Waals surface area contributed by atoms with Gasteiger partial charge >= 0.3 is 5.97 Å². The molecule has 0 amide bonds. The zero-order valence-corrected chi connectivity index (χ0v) is 9.65. The van der Waals surface area contributed by atoms with E-state index < -0.39 is 5.97 Å². The zero-order valence-electron chi connectivity index (χ0n) is 9.65. The SMILES string of the molecule is COC(C)(C)CNc1ccc(C(=O)O)cn1. The first-order valence-electron chi connectivity index (χ1n) is 4.93. The van der Waals surface area contributed by atoms with Crippen molar-refractivity contribution >= 4 is 11.8 Å². The van der Waals surface area contributed by atoms with Crippen LogP contribution in [0.2, 0.25) is 0 Å². The van der Waals surface area contributed by atoms with Crippen molar-refractivity contribution < 1.29 is 14.6 Å². The van der Waals surface area contributed by atoms with Crippen molar-refractivity contribution in [2.75, 3.05) is 19.0 Å². The Bertz CT molecular complexity index is 360. The summed E-state index contributed by atoms with van der Waals surface area (Å²) in [6.45, 7) is 4.50. The maximum Gasteiger partial charge on any atom is 0.337 e. The van der Waals surface area contributed by atoms with Gasteiger partial charge in [0.1, 0.15) is 5.82 Å². The number of aromatic carboxylic acids is 1. The molecule has 0 aliphatic carbocycles. The van der Waals surface area contributed by atoms with Crippen LogP contribution in [-0.2, 0) is 4.74 Å². The third kappa shape index (κ3) is 3.51. The highest BCUT2D eigenvalue weighted by atomic mass is 16.5. The van der Waals surface area contributed by atoms with Crippen LogP contribution in [-0.4, -0.2) is 35.3 Å². The summed E-state index contributed by atoms with van der Waals surface area (Å²) in [6.07, 6.45) is 1.32. The Morgan fingerprint density at radius 1 is 1.56 bits per heavy atom. The number of ether oxygens (including phenoxy) is 1. The first-order valence-corrected chi connectivity index (χ1v) is 4.93. The van der Waals surface area contributed by atoms with Crippen LogP contribution < -0.4 is 5.32 Å². The van der Waals surface area contributed by atoms with Crippen LogP contribution in [0, 0.1) is 0 Å². The van der Waals surface area contributed by atoms with Crippen LogP contribution in [0.5, 0.6) is 0 Å². The van der Waals surface area contributed by atoms with Gasteiger partial charge in [-0.2, -0.15) is 0 Å². The van der Waals surface area contributed by atoms with Gasteiger partial charge < -0.3 is 15.2 Å². The minimum absolute atomic E-state index is 0.177. The first-order chi connectivity index (χ1) is 7.44. The third-order valence-corrected chi connectivity index (χ3v) is 2.26. The number of methoxy groups -OCH3 is 1. The van der Waals surface area contributed by atoms with Gasteiger partial charge in [0.15, 0.2) is 0 Å². The molecule has 1 aromatic heterocycles. The van der Waals surface area contributed by atoms with Gasteiger partial charge in [-0.1, -0.05) is 0 Å². The van der Waals surface area contributed by atoms with E-state index in [0.29, 0.717) is 12.4 Å². The van der Waals surface area contributed by atoms with Crippen LogP contribution in [0.15, 0.2) is 18.3 Å². The monoisotopic (exact) mass is 224 g/mol. The number of hydrogen-bond acceptors (Lipinski definition) is 4. The molecule has 0 aliphatic heterocycles. The Balaban J connectivity index is 2.59. The Labute approximate surface area is 94.5 Å². The molecule has 0 saturated heterocycles. The predicted octanol–water partition coefficient (Wildman–Crippen LogP) is 1.62. The highest BCUT2D eigenvalue weighted by Gasteiger charge is 2.15. The summed E-state index contributed by atoms with van der Waals surface area (Å²) in [7, 11) is 1.64. The van der Waals surface area contributed by atoms with Crippen molar-refractivity contribution in [3.05, 3.63) is 23.9 Å². The lowest BCUT2D eigenvalue weighted by atomic mass is 10.1. The van der Waals surface area contributed by atoms with E-state index in [1.807, 2.05) is 13.8 Å². The highest BCUT2D eigenvalue weighted by Crippen LogP contribution is 2.10. The van der Waals surface area contributed by atoms with E-state index in [9.17, 15) is 4.79 Å². The van der Waals surface area contributed by atoms with Gasteiger partial charge in [-0.05, 0) is 26.0 Å². The summed E-state index contributed by atoms with van der Waals surface area (Å²) >= 11 is 0. The summed E-state index contributed by atoms with van der Waals surface area (Å²) in [6, 6.07) is 3.15. The van der Waals surface area contributed by atoms with Gasteiger partial charge in [-0.25, -0.2) is 9.78 Å². The molecule has 0 aliphatic rings. The predicted molar refractivity (Wildman–Crippen MR) is 60.8 cm³/mol. The van der Waals surface area contributed by atoms with Crippen molar-refractivity contribution in [1.29, 1.82) is 0 Å². The second-order valence-corrected chi connectivity index (χ2v) is 4.05. The second kappa shape index (κ2) is 4.94. The Kier molecular flexibility index (Phi) is 3.84. The molecule has 0 spiro atoms. The number of hydrogen-bond donors (Lipinski definition) is 2. The number of carboxylic acid groups (broad SMARTS) is 1. The van der Waals surface area contributed by atoms with Crippen LogP contribution >= 0.6 is 0 Å². The summed E-state index contributed by atoms with van der Waals surface area (Å²) < 4.78 is 5.24. The normalized spacial score (nSPS) is 11.2. The average molecular weight is 224 g/mol. The fourth-order valence-electron chi connectivity index (χ4n) is 1.00. The van der Waals surface area contributed by atoms with Gasteiger partial charge in [0.05, 0.1) is 11.2 Å². The highest BCUT2D eigenvalue weighted by molar-refractivity contribution is 5.87. The summed E-state index contributed by atoms with van der Waals surface area (Å²) in [5.74, 6) is -0.341. The smallest absolute Gasteiger partial charge is 0.337 e. The molecule has 0 saturated carbocycles. The van der Waals surface area contributed by atoms with Gasteiger partial charge in [-0.15, -0.1) is 0 Å². The molecule has 16 heavy (non-hydrogen) atoms. The van der Waals surface area contributed by atoms with Gasteiger partial charge in [0, 0.05) is 19.9 Å². The molecule has 0 radical (unpaired) electrons. The zero-order chi connectivity index (χ0) is 12.2. The maximum atomic E-state index is 10.6. The molecule has 1 aromatic rings. The number of carboxylic acids is 1. The molecular weight excluding hydrogens is 208 g/mol. The van der Waals surface area contributed by atoms with Crippen LogP contribution in [0.4, 0.5) is 5.82 Å². The number of rotatable bonds is 5. The van der Waals surface area contributed by atoms with E-state index in [1.54, 1.807) is 13.2 Å². The van der Waals surface area contributed by atoms with E-state index in [-0.39, 0.29) is 11.2 Å². The van der Waals surface area contributed by atoms with E-state index in [0.717, 1.165) is 0 Å². The maximum absolute atomic E-state index is 10.6. The van der Waals surface area contributed by atoms with Crippen molar-refractivity contribution in [1.82, 2.24) is 4.98 Å². The Morgan fingerprint density at radius 2 is 2.25 bits per heavy atom. The van der Waals surface area contributed by atoms with Crippen molar-refractivity contribution in [2.45, 2.75) is 19.4 Å². The molecule has 0 aromatic carbocycles. The molecule has 5 heteroatoms. The largest absolute Gasteiger partial charge is 0.478 e. The number of aromatic nitrogens is 1. The average Bonchev–Trinajstić information content (AvgIpc) is 2.27. The van der Waals surface area contributed by atoms with E-state index in [4.69, 9.17) is 9.84 Å².